The van der Waals surface area contributed by atoms with Crippen LogP contribution in [0.4, 0.5) is 30.9 Å². The summed E-state index contributed by atoms with van der Waals surface area (Å²) in [5.74, 6) is -1.76. The lowest BCUT2D eigenvalue weighted by molar-refractivity contribution is 0.101. The van der Waals surface area contributed by atoms with Crippen molar-refractivity contribution in [2.75, 3.05) is 23.4 Å². The van der Waals surface area contributed by atoms with Gasteiger partial charge in [0, 0.05) is 42.5 Å². The van der Waals surface area contributed by atoms with Crippen molar-refractivity contribution in [3.05, 3.63) is 80.1 Å². The van der Waals surface area contributed by atoms with Gasteiger partial charge in [-0.2, -0.15) is 0 Å². The Balaban J connectivity index is 1.42. The molecule has 1 fully saturated rings. The highest BCUT2D eigenvalue weighted by Crippen LogP contribution is 2.34. The maximum absolute atomic E-state index is 13.6. The SMILES string of the molecule is CCCn1c2c(c(=O)n(C3CC3)c1=O)CC(c1ccc(N(CC(O)CO)C(=O)Nc3ccc(F)c(F)c3)nc1)=N2. The number of nitrogens with one attached hydrogen (secondary N) is 1. The Morgan fingerprint density at radius 1 is 1.20 bits per heavy atom. The molecule has 1 aliphatic heterocycles. The number of nitrogens with zero attached hydrogens (tertiary/aromatic N) is 5. The number of pyridine rings is 1. The number of urea groups is 1. The van der Waals surface area contributed by atoms with Crippen molar-refractivity contribution >= 4 is 29.1 Å². The first-order chi connectivity index (χ1) is 19.2. The zero-order valence-corrected chi connectivity index (χ0v) is 21.7. The van der Waals surface area contributed by atoms with E-state index in [1.165, 1.54) is 22.9 Å². The standard InChI is InChI=1S/C27H28F2N6O5/c1-2-9-33-24-19(25(38)35(27(33)40)17-5-6-17)11-22(32-24)15-3-8-23(30-12-15)34(13-18(37)14-36)26(39)31-16-4-7-20(28)21(29)10-16/h3-4,7-8,10,12,17-18,36-37H,2,5-6,9,11,13-14H2,1H3,(H,31,39). The molecule has 0 saturated heterocycles. The van der Waals surface area contributed by atoms with Gasteiger partial charge in [0.1, 0.15) is 11.6 Å². The molecule has 1 unspecified atom stereocenters. The van der Waals surface area contributed by atoms with Crippen molar-refractivity contribution in [3.8, 4) is 0 Å². The molecule has 2 amide bonds. The van der Waals surface area contributed by atoms with Gasteiger partial charge in [-0.25, -0.2) is 28.3 Å². The first kappa shape index (κ1) is 27.3. The minimum Gasteiger partial charge on any atom is -0.394 e. The molecule has 0 spiro atoms. The van der Waals surface area contributed by atoms with Crippen LogP contribution in [-0.2, 0) is 13.0 Å². The minimum absolute atomic E-state index is 0.0166. The summed E-state index contributed by atoms with van der Waals surface area (Å²) >= 11 is 0. The normalized spacial score (nSPS) is 15.0. The van der Waals surface area contributed by atoms with Gasteiger partial charge >= 0.3 is 11.7 Å². The van der Waals surface area contributed by atoms with E-state index in [0.717, 1.165) is 29.9 Å². The zero-order chi connectivity index (χ0) is 28.6. The number of aliphatic hydroxyl groups is 2. The molecule has 11 nitrogen and oxygen atoms in total. The smallest absolute Gasteiger partial charge is 0.332 e. The lowest BCUT2D eigenvalue weighted by Crippen LogP contribution is -2.42. The Kier molecular flexibility index (Phi) is 7.59. The van der Waals surface area contributed by atoms with Crippen molar-refractivity contribution < 1.29 is 23.8 Å². The number of benzene rings is 1. The molecule has 1 saturated carbocycles. The second-order valence-electron chi connectivity index (χ2n) is 9.79. The molecule has 1 atom stereocenters. The number of carbonyl (C=O) groups excluding carboxylic acids is 1. The average Bonchev–Trinajstić information content (AvgIpc) is 3.68. The molecule has 40 heavy (non-hydrogen) atoms. The summed E-state index contributed by atoms with van der Waals surface area (Å²) < 4.78 is 29.8. The average molecular weight is 555 g/mol. The number of halogens is 2. The van der Waals surface area contributed by atoms with Crippen molar-refractivity contribution in [2.24, 2.45) is 4.99 Å². The highest BCUT2D eigenvalue weighted by Gasteiger charge is 2.33. The number of anilines is 2. The lowest BCUT2D eigenvalue weighted by Gasteiger charge is -2.24. The topological polar surface area (TPSA) is 142 Å². The van der Waals surface area contributed by atoms with Gasteiger partial charge in [-0.3, -0.25) is 18.8 Å². The number of aliphatic hydroxyl groups excluding tert-OH is 2. The molecular weight excluding hydrogens is 526 g/mol. The molecule has 3 N–H and O–H groups in total. The van der Waals surface area contributed by atoms with Crippen molar-refractivity contribution in [3.63, 3.8) is 0 Å². The maximum Gasteiger partial charge on any atom is 0.332 e. The van der Waals surface area contributed by atoms with Crippen molar-refractivity contribution in [1.29, 1.82) is 0 Å². The molecule has 13 heteroatoms. The number of hydrogen-bond acceptors (Lipinski definition) is 7. The Morgan fingerprint density at radius 3 is 2.60 bits per heavy atom. The van der Waals surface area contributed by atoms with E-state index in [4.69, 9.17) is 0 Å². The minimum atomic E-state index is -1.30. The van der Waals surface area contributed by atoms with Crippen LogP contribution >= 0.6 is 0 Å². The van der Waals surface area contributed by atoms with Gasteiger partial charge in [-0.1, -0.05) is 6.92 Å². The van der Waals surface area contributed by atoms with E-state index in [1.807, 2.05) is 6.92 Å². The molecule has 2 aromatic heterocycles. The summed E-state index contributed by atoms with van der Waals surface area (Å²) in [7, 11) is 0. The molecule has 3 aromatic rings. The fourth-order valence-electron chi connectivity index (χ4n) is 4.61. The second-order valence-corrected chi connectivity index (χ2v) is 9.79. The van der Waals surface area contributed by atoms with E-state index in [1.54, 1.807) is 10.6 Å². The van der Waals surface area contributed by atoms with Crippen LogP contribution in [0.1, 0.15) is 43.4 Å². The van der Waals surface area contributed by atoms with Crippen LogP contribution in [0.2, 0.25) is 0 Å². The van der Waals surface area contributed by atoms with E-state index in [9.17, 15) is 33.4 Å². The van der Waals surface area contributed by atoms with Gasteiger partial charge in [-0.05, 0) is 43.5 Å². The fourth-order valence-corrected chi connectivity index (χ4v) is 4.61. The summed E-state index contributed by atoms with van der Waals surface area (Å²) in [6, 6.07) is 5.12. The number of rotatable bonds is 9. The predicted octanol–water partition coefficient (Wildman–Crippen LogP) is 2.50. The third-order valence-corrected chi connectivity index (χ3v) is 6.76. The molecule has 0 radical (unpaired) electrons. The third-order valence-electron chi connectivity index (χ3n) is 6.76. The molecule has 5 rings (SSSR count). The van der Waals surface area contributed by atoms with Crippen LogP contribution in [0, 0.1) is 11.6 Å². The van der Waals surface area contributed by atoms with E-state index in [0.29, 0.717) is 35.6 Å². The van der Waals surface area contributed by atoms with Crippen molar-refractivity contribution in [1.82, 2.24) is 14.1 Å². The number of amides is 2. The number of aliphatic imine (C=N–C) groups is 1. The van der Waals surface area contributed by atoms with Gasteiger partial charge in [-0.15, -0.1) is 0 Å². The Morgan fingerprint density at radius 2 is 1.98 bits per heavy atom. The van der Waals surface area contributed by atoms with Crippen LogP contribution in [0.5, 0.6) is 0 Å². The Bertz CT molecular complexity index is 1600. The van der Waals surface area contributed by atoms with Gasteiger partial charge in [0.15, 0.2) is 11.6 Å². The van der Waals surface area contributed by atoms with E-state index in [2.05, 4.69) is 15.3 Å². The van der Waals surface area contributed by atoms with Crippen LogP contribution in [0.15, 0.2) is 51.1 Å². The molecule has 2 aliphatic rings. The van der Waals surface area contributed by atoms with E-state index >= 15 is 0 Å². The summed E-state index contributed by atoms with van der Waals surface area (Å²) in [5.41, 5.74) is 0.872. The number of fused-ring (bicyclic) bond motifs is 1. The molecule has 3 heterocycles. The van der Waals surface area contributed by atoms with Crippen LogP contribution in [0.25, 0.3) is 0 Å². The molecular formula is C27H28F2N6O5. The van der Waals surface area contributed by atoms with Crippen LogP contribution < -0.4 is 21.5 Å². The molecule has 1 aromatic carbocycles. The highest BCUT2D eigenvalue weighted by molar-refractivity contribution is 6.06. The van der Waals surface area contributed by atoms with Crippen LogP contribution in [0.3, 0.4) is 0 Å². The monoisotopic (exact) mass is 554 g/mol. The first-order valence-corrected chi connectivity index (χ1v) is 13.0. The van der Waals surface area contributed by atoms with Gasteiger partial charge in [0.25, 0.3) is 5.56 Å². The molecule has 0 bridgehead atoms. The second kappa shape index (κ2) is 11.1. The molecule has 1 aliphatic carbocycles. The zero-order valence-electron chi connectivity index (χ0n) is 21.7. The maximum atomic E-state index is 13.6. The predicted molar refractivity (Wildman–Crippen MR) is 143 cm³/mol. The Labute approximate surface area is 227 Å². The summed E-state index contributed by atoms with van der Waals surface area (Å²) in [5, 5.41) is 21.7. The number of aromatic nitrogens is 3. The summed E-state index contributed by atoms with van der Waals surface area (Å²) in [6.45, 7) is 1.40. The van der Waals surface area contributed by atoms with Gasteiger partial charge in [0.05, 0.1) is 30.5 Å². The van der Waals surface area contributed by atoms with Crippen LogP contribution in [-0.4, -0.2) is 55.3 Å². The number of carbonyl (C=O) groups is 1. The number of hydrogen-bond donors (Lipinski definition) is 3. The fraction of sp³-hybridized carbons (Fsp3) is 0.370. The van der Waals surface area contributed by atoms with E-state index in [-0.39, 0.29) is 41.8 Å². The third kappa shape index (κ3) is 5.29. The Hall–Kier alpha value is -4.23. The lowest BCUT2D eigenvalue weighted by atomic mass is 10.1. The summed E-state index contributed by atoms with van der Waals surface area (Å²) in [6.07, 6.45) is 2.66. The molecule has 210 valence electrons. The van der Waals surface area contributed by atoms with E-state index < -0.39 is 30.4 Å². The largest absolute Gasteiger partial charge is 0.394 e. The van der Waals surface area contributed by atoms with Crippen molar-refractivity contribution in [2.45, 2.75) is 51.3 Å². The first-order valence-electron chi connectivity index (χ1n) is 13.0. The van der Waals surface area contributed by atoms with Gasteiger partial charge < -0.3 is 15.5 Å². The highest BCUT2D eigenvalue weighted by atomic mass is 19.2. The summed E-state index contributed by atoms with van der Waals surface area (Å²) in [4.78, 5) is 49.2. The van der Waals surface area contributed by atoms with Gasteiger partial charge in [0.2, 0.25) is 0 Å². The quantitative estimate of drug-likeness (QED) is 0.371.